The van der Waals surface area contributed by atoms with E-state index in [1.165, 1.54) is 18.2 Å². The van der Waals surface area contributed by atoms with E-state index in [1.807, 2.05) is 0 Å². The third kappa shape index (κ3) is 7.97. The van der Waals surface area contributed by atoms with Gasteiger partial charge in [-0.2, -0.15) is 0 Å². The van der Waals surface area contributed by atoms with E-state index in [0.717, 1.165) is 27.7 Å². The van der Waals surface area contributed by atoms with Crippen LogP contribution in [0.2, 0.25) is 0 Å². The second-order valence-corrected chi connectivity index (χ2v) is 11.1. The summed E-state index contributed by atoms with van der Waals surface area (Å²) in [4.78, 5) is 75.1. The number of esters is 5. The van der Waals surface area contributed by atoms with Crippen molar-refractivity contribution < 1.29 is 71.0 Å². The predicted octanol–water partition coefficient (Wildman–Crippen LogP) is 2.87. The van der Waals surface area contributed by atoms with E-state index in [4.69, 9.17) is 47.0 Å². The first kappa shape index (κ1) is 35.7. The molecule has 0 bridgehead atoms. The second-order valence-electron chi connectivity index (χ2n) is 11.1. The Balaban J connectivity index is 1.57. The molecule has 50 heavy (non-hydrogen) atoms. The van der Waals surface area contributed by atoms with Crippen molar-refractivity contribution in [3.63, 3.8) is 0 Å². The van der Waals surface area contributed by atoms with Gasteiger partial charge in [-0.25, -0.2) is 4.79 Å². The van der Waals surface area contributed by atoms with Crippen LogP contribution < -0.4 is 19.6 Å². The number of hydrogen-bond donors (Lipinski definition) is 0. The molecule has 0 saturated carbocycles. The highest BCUT2D eigenvalue weighted by atomic mass is 16.7. The Hall–Kier alpha value is -5.64. The van der Waals surface area contributed by atoms with E-state index < -0.39 is 72.6 Å². The van der Waals surface area contributed by atoms with Crippen LogP contribution in [0.4, 0.5) is 0 Å². The molecular weight excluding hydrogens is 664 g/mol. The summed E-state index contributed by atoms with van der Waals surface area (Å²) in [5.41, 5.74) is -0.390. The topological polar surface area (TPSA) is 199 Å². The number of benzene rings is 2. The van der Waals surface area contributed by atoms with E-state index in [1.54, 1.807) is 25.1 Å². The molecule has 1 fully saturated rings. The zero-order chi connectivity index (χ0) is 36.1. The summed E-state index contributed by atoms with van der Waals surface area (Å²) in [7, 11) is 0. The molecule has 5 rings (SSSR count). The normalized spacial score (nSPS) is 21.0. The van der Waals surface area contributed by atoms with E-state index in [9.17, 15) is 28.8 Å². The van der Waals surface area contributed by atoms with E-state index in [0.29, 0.717) is 30.3 Å². The number of hydrogen-bond acceptors (Lipinski definition) is 16. The Labute approximate surface area is 284 Å². The molecule has 2 aromatic carbocycles. The van der Waals surface area contributed by atoms with Crippen LogP contribution in [0, 0.1) is 0 Å². The van der Waals surface area contributed by atoms with E-state index in [-0.39, 0.29) is 34.6 Å². The first-order chi connectivity index (χ1) is 23.9. The smallest absolute Gasteiger partial charge is 0.375 e. The fraction of sp³-hybridized carbons (Fsp3) is 0.412. The van der Waals surface area contributed by atoms with Gasteiger partial charge in [-0.1, -0.05) is 6.07 Å². The first-order valence-corrected chi connectivity index (χ1v) is 15.5. The zero-order valence-electron chi connectivity index (χ0n) is 27.7. The average molecular weight is 699 g/mol. The Bertz CT molecular complexity index is 1860. The van der Waals surface area contributed by atoms with Gasteiger partial charge in [-0.15, -0.1) is 0 Å². The summed E-state index contributed by atoms with van der Waals surface area (Å²) < 4.78 is 55.9. The van der Waals surface area contributed by atoms with Crippen LogP contribution in [0.1, 0.15) is 45.2 Å². The van der Waals surface area contributed by atoms with Gasteiger partial charge in [-0.05, 0) is 36.8 Å². The van der Waals surface area contributed by atoms with Crippen molar-refractivity contribution in [2.45, 2.75) is 65.3 Å². The number of fused-ring (bicyclic) bond motifs is 2. The lowest BCUT2D eigenvalue weighted by Crippen LogP contribution is -2.63. The van der Waals surface area contributed by atoms with Crippen molar-refractivity contribution in [3.8, 4) is 28.4 Å². The molecule has 0 spiro atoms. The highest BCUT2D eigenvalue weighted by molar-refractivity contribution is 5.98. The quantitative estimate of drug-likeness (QED) is 0.221. The highest BCUT2D eigenvalue weighted by Gasteiger charge is 2.53. The van der Waals surface area contributed by atoms with Crippen LogP contribution >= 0.6 is 0 Å². The minimum atomic E-state index is -1.55. The van der Waals surface area contributed by atoms with Crippen molar-refractivity contribution in [1.29, 1.82) is 0 Å². The summed E-state index contributed by atoms with van der Waals surface area (Å²) >= 11 is 0. The number of carbonyl (C=O) groups is 5. The standard InChI is InChI=1S/C34H34O16/c1-6-41-33(40)30-27(20-7-10-23-25(13-20)43-12-11-42-23)28(39)22-9-8-21(14-24(22)49-30)48-34-32(47-19(5)38)31(46-18(4)37)29(45-17(3)36)26(50-34)15-44-16(2)35/h7-10,13-14,26,29,31-32,34H,6,11-12,15H2,1-5H3/t26-,29+,31+,32-,34-/m0/s1. The predicted molar refractivity (Wildman–Crippen MR) is 167 cm³/mol. The summed E-state index contributed by atoms with van der Waals surface area (Å²) in [5.74, 6) is -3.54. The highest BCUT2D eigenvalue weighted by Crippen LogP contribution is 2.37. The van der Waals surface area contributed by atoms with E-state index in [2.05, 4.69) is 0 Å². The third-order valence-electron chi connectivity index (χ3n) is 7.36. The van der Waals surface area contributed by atoms with Crippen molar-refractivity contribution >= 4 is 40.8 Å². The molecule has 0 unspecified atom stereocenters. The largest absolute Gasteiger partial charge is 0.486 e. The molecule has 16 nitrogen and oxygen atoms in total. The van der Waals surface area contributed by atoms with Crippen LogP contribution in [0.3, 0.4) is 0 Å². The van der Waals surface area contributed by atoms with Gasteiger partial charge in [-0.3, -0.25) is 24.0 Å². The SMILES string of the molecule is CCOC(=O)c1oc2cc(O[C@H]3O[C@@H](COC(C)=O)[C@@H](OC(C)=O)[C@@H](OC(C)=O)[C@@H]3OC(C)=O)ccc2c(=O)c1-c1ccc2c(c1)OCCO2. The molecule has 1 aromatic heterocycles. The maximum absolute atomic E-state index is 13.9. The van der Waals surface area contributed by atoms with Crippen molar-refractivity contribution in [2.75, 3.05) is 26.4 Å². The van der Waals surface area contributed by atoms with Gasteiger partial charge < -0.3 is 47.0 Å². The summed E-state index contributed by atoms with van der Waals surface area (Å²) in [6.45, 7) is 6.22. The molecule has 0 radical (unpaired) electrons. The Kier molecular flexibility index (Phi) is 10.9. The van der Waals surface area contributed by atoms with Crippen LogP contribution in [-0.2, 0) is 47.6 Å². The summed E-state index contributed by atoms with van der Waals surface area (Å²) in [6.07, 6.45) is -7.18. The summed E-state index contributed by atoms with van der Waals surface area (Å²) in [5, 5.41) is 0.0665. The molecule has 2 aliphatic rings. The van der Waals surface area contributed by atoms with Gasteiger partial charge in [0.15, 0.2) is 23.7 Å². The van der Waals surface area contributed by atoms with Gasteiger partial charge in [0.2, 0.25) is 23.6 Å². The second kappa shape index (κ2) is 15.3. The molecule has 1 saturated heterocycles. The minimum Gasteiger partial charge on any atom is -0.486 e. The van der Waals surface area contributed by atoms with Crippen LogP contribution in [-0.4, -0.2) is 87.0 Å². The Morgan fingerprint density at radius 2 is 1.42 bits per heavy atom. The van der Waals surface area contributed by atoms with Crippen LogP contribution in [0.15, 0.2) is 45.6 Å². The molecule has 0 aliphatic carbocycles. The maximum atomic E-state index is 13.9. The summed E-state index contributed by atoms with van der Waals surface area (Å²) in [6, 6.07) is 8.85. The number of ether oxygens (including phenoxy) is 9. The van der Waals surface area contributed by atoms with Gasteiger partial charge in [0.25, 0.3) is 0 Å². The zero-order valence-corrected chi connectivity index (χ0v) is 27.7. The third-order valence-corrected chi connectivity index (χ3v) is 7.36. The number of carbonyl (C=O) groups excluding carboxylic acids is 5. The lowest BCUT2D eigenvalue weighted by molar-refractivity contribution is -0.288. The molecule has 3 heterocycles. The first-order valence-electron chi connectivity index (χ1n) is 15.5. The van der Waals surface area contributed by atoms with Gasteiger partial charge in [0.05, 0.1) is 17.6 Å². The molecule has 0 N–H and O–H groups in total. The van der Waals surface area contributed by atoms with Crippen LogP contribution in [0.5, 0.6) is 17.2 Å². The molecule has 266 valence electrons. The minimum absolute atomic E-state index is 0.00673. The van der Waals surface area contributed by atoms with Crippen molar-refractivity contribution in [1.82, 2.24) is 0 Å². The molecule has 2 aliphatic heterocycles. The van der Waals surface area contributed by atoms with Gasteiger partial charge >= 0.3 is 29.8 Å². The monoisotopic (exact) mass is 698 g/mol. The number of rotatable bonds is 10. The lowest BCUT2D eigenvalue weighted by Gasteiger charge is -2.43. The molecular formula is C34H34O16. The molecule has 3 aromatic rings. The fourth-order valence-corrected chi connectivity index (χ4v) is 5.47. The van der Waals surface area contributed by atoms with Crippen molar-refractivity contribution in [2.24, 2.45) is 0 Å². The van der Waals surface area contributed by atoms with Gasteiger partial charge in [0, 0.05) is 33.8 Å². The lowest BCUT2D eigenvalue weighted by atomic mass is 9.98. The average Bonchev–Trinajstić information content (AvgIpc) is 3.05. The molecule has 5 atom stereocenters. The molecule has 16 heteroatoms. The molecule has 0 amide bonds. The fourth-order valence-electron chi connectivity index (χ4n) is 5.47. The van der Waals surface area contributed by atoms with Crippen molar-refractivity contribution in [3.05, 3.63) is 52.4 Å². The van der Waals surface area contributed by atoms with Gasteiger partial charge in [0.1, 0.15) is 37.3 Å². The van der Waals surface area contributed by atoms with Crippen LogP contribution in [0.25, 0.3) is 22.1 Å². The maximum Gasteiger partial charge on any atom is 0.375 e. The Morgan fingerprint density at radius 3 is 2.08 bits per heavy atom. The van der Waals surface area contributed by atoms with E-state index >= 15 is 0 Å². The Morgan fingerprint density at radius 1 is 0.760 bits per heavy atom.